The number of benzene rings is 2. The predicted octanol–water partition coefficient (Wildman–Crippen LogP) is 4.46. The van der Waals surface area contributed by atoms with Crippen LogP contribution < -0.4 is 10.1 Å². The molecule has 6 heteroatoms. The number of amides is 1. The van der Waals surface area contributed by atoms with Crippen LogP contribution in [0.25, 0.3) is 11.1 Å². The first kappa shape index (κ1) is 17.7. The van der Waals surface area contributed by atoms with E-state index in [2.05, 4.69) is 5.32 Å². The molecular formula is C20H17NO4S. The summed E-state index contributed by atoms with van der Waals surface area (Å²) in [6.45, 7) is 0. The lowest BCUT2D eigenvalue weighted by Crippen LogP contribution is -2.14. The zero-order chi connectivity index (χ0) is 18.5. The van der Waals surface area contributed by atoms with Gasteiger partial charge in [0.1, 0.15) is 16.3 Å². The number of hydrogen-bond donors (Lipinski definition) is 1. The van der Waals surface area contributed by atoms with Gasteiger partial charge in [-0.25, -0.2) is 4.79 Å². The molecule has 1 amide bonds. The summed E-state index contributed by atoms with van der Waals surface area (Å²) in [5, 5.41) is 5.09. The van der Waals surface area contributed by atoms with Gasteiger partial charge in [0.05, 0.1) is 14.2 Å². The third kappa shape index (κ3) is 3.60. The molecule has 3 rings (SSSR count). The molecule has 0 saturated carbocycles. The van der Waals surface area contributed by atoms with Crippen molar-refractivity contribution in [2.45, 2.75) is 0 Å². The molecular weight excluding hydrogens is 350 g/mol. The molecule has 132 valence electrons. The van der Waals surface area contributed by atoms with Crippen molar-refractivity contribution in [1.82, 2.24) is 0 Å². The van der Waals surface area contributed by atoms with E-state index in [0.717, 1.165) is 11.1 Å². The summed E-state index contributed by atoms with van der Waals surface area (Å²) in [5.74, 6) is -0.233. The number of methoxy groups -OCH3 is 2. The lowest BCUT2D eigenvalue weighted by atomic mass is 10.0. The van der Waals surface area contributed by atoms with Gasteiger partial charge in [0.2, 0.25) is 0 Å². The molecule has 26 heavy (non-hydrogen) atoms. The number of carbonyl (C=O) groups excluding carboxylic acids is 2. The van der Waals surface area contributed by atoms with Crippen LogP contribution in [0.5, 0.6) is 5.75 Å². The maximum absolute atomic E-state index is 12.6. The maximum atomic E-state index is 12.6. The third-order valence-electron chi connectivity index (χ3n) is 3.82. The molecule has 0 bridgehead atoms. The van der Waals surface area contributed by atoms with E-state index in [0.29, 0.717) is 21.9 Å². The Kier molecular flexibility index (Phi) is 5.34. The summed E-state index contributed by atoms with van der Waals surface area (Å²) in [4.78, 5) is 24.9. The number of esters is 1. The van der Waals surface area contributed by atoms with E-state index in [1.165, 1.54) is 25.6 Å². The van der Waals surface area contributed by atoms with E-state index < -0.39 is 5.97 Å². The SMILES string of the molecule is COC(=O)c1c(-c2ccccc2)csc1NC(=O)c1cccc(OC)c1. The molecule has 0 atom stereocenters. The molecule has 0 unspecified atom stereocenters. The highest BCUT2D eigenvalue weighted by Crippen LogP contribution is 2.36. The van der Waals surface area contributed by atoms with Crippen molar-refractivity contribution in [3.05, 3.63) is 71.1 Å². The van der Waals surface area contributed by atoms with Crippen molar-refractivity contribution >= 4 is 28.2 Å². The van der Waals surface area contributed by atoms with E-state index in [1.54, 1.807) is 24.3 Å². The molecule has 0 radical (unpaired) electrons. The first-order valence-electron chi connectivity index (χ1n) is 7.84. The zero-order valence-corrected chi connectivity index (χ0v) is 15.1. The van der Waals surface area contributed by atoms with Crippen molar-refractivity contribution in [2.75, 3.05) is 19.5 Å². The fraction of sp³-hybridized carbons (Fsp3) is 0.100. The second-order valence-corrected chi connectivity index (χ2v) is 6.28. The highest BCUT2D eigenvalue weighted by molar-refractivity contribution is 7.15. The molecule has 2 aromatic carbocycles. The normalized spacial score (nSPS) is 10.2. The molecule has 0 aliphatic heterocycles. The number of hydrogen-bond acceptors (Lipinski definition) is 5. The van der Waals surface area contributed by atoms with Crippen LogP contribution >= 0.6 is 11.3 Å². The van der Waals surface area contributed by atoms with Gasteiger partial charge >= 0.3 is 5.97 Å². The Morgan fingerprint density at radius 3 is 2.46 bits per heavy atom. The van der Waals surface area contributed by atoms with E-state index in [4.69, 9.17) is 9.47 Å². The first-order valence-corrected chi connectivity index (χ1v) is 8.72. The molecule has 0 saturated heterocycles. The fourth-order valence-electron chi connectivity index (χ4n) is 2.52. The van der Waals surface area contributed by atoms with Gasteiger partial charge in [0, 0.05) is 16.5 Å². The number of ether oxygens (including phenoxy) is 2. The number of rotatable bonds is 5. The van der Waals surface area contributed by atoms with Crippen LogP contribution in [0.1, 0.15) is 20.7 Å². The minimum absolute atomic E-state index is 0.324. The molecule has 5 nitrogen and oxygen atoms in total. The van der Waals surface area contributed by atoms with Crippen molar-refractivity contribution in [2.24, 2.45) is 0 Å². The van der Waals surface area contributed by atoms with Crippen LogP contribution in [0.15, 0.2) is 60.0 Å². The van der Waals surface area contributed by atoms with Gasteiger partial charge in [0.25, 0.3) is 5.91 Å². The topological polar surface area (TPSA) is 64.6 Å². The smallest absolute Gasteiger partial charge is 0.341 e. The van der Waals surface area contributed by atoms with Gasteiger partial charge in [-0.15, -0.1) is 11.3 Å². The average molecular weight is 367 g/mol. The Labute approximate surface area is 155 Å². The monoisotopic (exact) mass is 367 g/mol. The lowest BCUT2D eigenvalue weighted by Gasteiger charge is -2.08. The molecule has 0 aliphatic carbocycles. The summed E-state index contributed by atoms with van der Waals surface area (Å²) < 4.78 is 10.1. The average Bonchev–Trinajstić information content (AvgIpc) is 3.11. The second-order valence-electron chi connectivity index (χ2n) is 5.40. The number of nitrogens with one attached hydrogen (secondary N) is 1. The van der Waals surface area contributed by atoms with Gasteiger partial charge in [-0.1, -0.05) is 36.4 Å². The van der Waals surface area contributed by atoms with Gasteiger partial charge in [-0.2, -0.15) is 0 Å². The van der Waals surface area contributed by atoms with Crippen LogP contribution in [-0.4, -0.2) is 26.1 Å². The van der Waals surface area contributed by atoms with E-state index >= 15 is 0 Å². The minimum atomic E-state index is -0.494. The van der Waals surface area contributed by atoms with Crippen LogP contribution in [0.4, 0.5) is 5.00 Å². The van der Waals surface area contributed by atoms with Crippen LogP contribution in [0, 0.1) is 0 Å². The highest BCUT2D eigenvalue weighted by Gasteiger charge is 2.22. The Balaban J connectivity index is 1.96. The van der Waals surface area contributed by atoms with Crippen LogP contribution in [0.3, 0.4) is 0 Å². The Hall–Kier alpha value is -3.12. The molecule has 3 aromatic rings. The molecule has 0 aliphatic rings. The van der Waals surface area contributed by atoms with Crippen molar-refractivity contribution in [3.8, 4) is 16.9 Å². The highest BCUT2D eigenvalue weighted by atomic mass is 32.1. The molecule has 0 spiro atoms. The zero-order valence-electron chi connectivity index (χ0n) is 14.3. The molecule has 1 heterocycles. The van der Waals surface area contributed by atoms with E-state index in [9.17, 15) is 9.59 Å². The lowest BCUT2D eigenvalue weighted by molar-refractivity contribution is 0.0603. The first-order chi connectivity index (χ1) is 12.6. The van der Waals surface area contributed by atoms with Gasteiger partial charge in [-0.3, -0.25) is 4.79 Å². The Morgan fingerprint density at radius 2 is 1.77 bits per heavy atom. The molecule has 1 N–H and O–H groups in total. The molecule has 0 fully saturated rings. The predicted molar refractivity (Wildman–Crippen MR) is 102 cm³/mol. The number of anilines is 1. The summed E-state index contributed by atoms with van der Waals surface area (Å²) in [5.41, 5.74) is 2.39. The van der Waals surface area contributed by atoms with E-state index in [-0.39, 0.29) is 5.91 Å². The van der Waals surface area contributed by atoms with Crippen LogP contribution in [-0.2, 0) is 4.74 Å². The van der Waals surface area contributed by atoms with Gasteiger partial charge < -0.3 is 14.8 Å². The minimum Gasteiger partial charge on any atom is -0.497 e. The summed E-state index contributed by atoms with van der Waals surface area (Å²) in [6.07, 6.45) is 0. The summed E-state index contributed by atoms with van der Waals surface area (Å²) in [7, 11) is 2.86. The van der Waals surface area contributed by atoms with E-state index in [1.807, 2.05) is 35.7 Å². The maximum Gasteiger partial charge on any atom is 0.341 e. The Bertz CT molecular complexity index is 934. The number of thiophene rings is 1. The van der Waals surface area contributed by atoms with Crippen molar-refractivity contribution in [1.29, 1.82) is 0 Å². The fourth-order valence-corrected chi connectivity index (χ4v) is 3.48. The standard InChI is InChI=1S/C20H17NO4S/c1-24-15-10-6-9-14(11-15)18(22)21-19-17(20(23)25-2)16(12-26-19)13-7-4-3-5-8-13/h3-12H,1-2H3,(H,21,22). The van der Waals surface area contributed by atoms with Crippen molar-refractivity contribution in [3.63, 3.8) is 0 Å². The third-order valence-corrected chi connectivity index (χ3v) is 4.72. The Morgan fingerprint density at radius 1 is 1.00 bits per heavy atom. The quantitative estimate of drug-likeness (QED) is 0.676. The summed E-state index contributed by atoms with van der Waals surface area (Å²) >= 11 is 1.28. The largest absolute Gasteiger partial charge is 0.497 e. The van der Waals surface area contributed by atoms with Crippen LogP contribution in [0.2, 0.25) is 0 Å². The molecule has 1 aromatic heterocycles. The van der Waals surface area contributed by atoms with Crippen molar-refractivity contribution < 1.29 is 19.1 Å². The number of carbonyl (C=O) groups is 2. The summed E-state index contributed by atoms with van der Waals surface area (Å²) in [6, 6.07) is 16.3. The second kappa shape index (κ2) is 7.84. The van der Waals surface area contributed by atoms with Gasteiger partial charge in [0.15, 0.2) is 0 Å². The van der Waals surface area contributed by atoms with Gasteiger partial charge in [-0.05, 0) is 23.8 Å².